The third kappa shape index (κ3) is 4.40. The van der Waals surface area contributed by atoms with Gasteiger partial charge in [0.1, 0.15) is 5.82 Å². The quantitative estimate of drug-likeness (QED) is 0.503. The Labute approximate surface area is 182 Å². The fourth-order valence-corrected chi connectivity index (χ4v) is 4.02. The highest BCUT2D eigenvalue weighted by Crippen LogP contribution is 2.24. The van der Waals surface area contributed by atoms with Gasteiger partial charge in [0.25, 0.3) is 0 Å². The molecule has 0 spiro atoms. The molecule has 0 bridgehead atoms. The molecule has 0 radical (unpaired) electrons. The second-order valence-electron chi connectivity index (χ2n) is 7.92. The Morgan fingerprint density at radius 1 is 0.871 bits per heavy atom. The van der Waals surface area contributed by atoms with E-state index < -0.39 is 0 Å². The first-order valence-corrected chi connectivity index (χ1v) is 10.7. The molecule has 0 saturated heterocycles. The third-order valence-corrected chi connectivity index (χ3v) is 5.73. The molecular formula is C26H25N5. The first-order valence-electron chi connectivity index (χ1n) is 10.7. The summed E-state index contributed by atoms with van der Waals surface area (Å²) in [6.45, 7) is 4.56. The van der Waals surface area contributed by atoms with Gasteiger partial charge in [-0.3, -0.25) is 4.98 Å². The SMILES string of the molecule is Cc1cc(-c2ccc(CNc3nccc(N4CCc5ccccc5C4)n3)cc2)ccn1. The minimum atomic E-state index is 0.658. The highest BCUT2D eigenvalue weighted by molar-refractivity contribution is 5.63. The van der Waals surface area contributed by atoms with Crippen LogP contribution in [0.5, 0.6) is 0 Å². The third-order valence-electron chi connectivity index (χ3n) is 5.73. The van der Waals surface area contributed by atoms with Crippen LogP contribution in [-0.4, -0.2) is 21.5 Å². The maximum atomic E-state index is 4.76. The van der Waals surface area contributed by atoms with Crippen molar-refractivity contribution in [3.8, 4) is 11.1 Å². The summed E-state index contributed by atoms with van der Waals surface area (Å²) in [6.07, 6.45) is 4.73. The molecule has 2 aromatic heterocycles. The monoisotopic (exact) mass is 407 g/mol. The van der Waals surface area contributed by atoms with E-state index in [2.05, 4.69) is 74.8 Å². The van der Waals surface area contributed by atoms with Gasteiger partial charge in [-0.1, -0.05) is 48.5 Å². The molecule has 1 N–H and O–H groups in total. The van der Waals surface area contributed by atoms with Crippen molar-refractivity contribution >= 4 is 11.8 Å². The molecule has 0 unspecified atom stereocenters. The number of pyridine rings is 1. The molecule has 4 aromatic rings. The van der Waals surface area contributed by atoms with Gasteiger partial charge in [-0.05, 0) is 59.4 Å². The molecule has 0 fully saturated rings. The Kier molecular flexibility index (Phi) is 5.31. The summed E-state index contributed by atoms with van der Waals surface area (Å²) in [5.41, 5.74) is 7.42. The van der Waals surface area contributed by atoms with Crippen molar-refractivity contribution in [3.05, 3.63) is 102 Å². The van der Waals surface area contributed by atoms with E-state index in [4.69, 9.17) is 4.98 Å². The van der Waals surface area contributed by atoms with Crippen LogP contribution in [0.15, 0.2) is 79.1 Å². The Hall–Kier alpha value is -3.73. The van der Waals surface area contributed by atoms with Crippen LogP contribution in [0.25, 0.3) is 11.1 Å². The smallest absolute Gasteiger partial charge is 0.224 e. The number of aromatic nitrogens is 3. The van der Waals surface area contributed by atoms with E-state index >= 15 is 0 Å². The average Bonchev–Trinajstić information content (AvgIpc) is 2.83. The molecule has 5 rings (SSSR count). The van der Waals surface area contributed by atoms with E-state index in [1.54, 1.807) is 0 Å². The van der Waals surface area contributed by atoms with Crippen molar-refractivity contribution < 1.29 is 0 Å². The van der Waals surface area contributed by atoms with Crippen LogP contribution < -0.4 is 10.2 Å². The predicted molar refractivity (Wildman–Crippen MR) is 125 cm³/mol. The molecule has 154 valence electrons. The molecule has 0 aliphatic carbocycles. The highest BCUT2D eigenvalue weighted by Gasteiger charge is 2.17. The van der Waals surface area contributed by atoms with Gasteiger partial charge in [-0.2, -0.15) is 4.98 Å². The van der Waals surface area contributed by atoms with Crippen LogP contribution in [0.2, 0.25) is 0 Å². The van der Waals surface area contributed by atoms with Crippen LogP contribution in [0.1, 0.15) is 22.4 Å². The van der Waals surface area contributed by atoms with Crippen LogP contribution >= 0.6 is 0 Å². The summed E-state index contributed by atoms with van der Waals surface area (Å²) in [5, 5.41) is 3.37. The summed E-state index contributed by atoms with van der Waals surface area (Å²) in [4.78, 5) is 15.8. The minimum absolute atomic E-state index is 0.658. The lowest BCUT2D eigenvalue weighted by molar-refractivity contribution is 0.719. The predicted octanol–water partition coefficient (Wildman–Crippen LogP) is 5.02. The van der Waals surface area contributed by atoms with Gasteiger partial charge in [0.05, 0.1) is 0 Å². The first kappa shape index (κ1) is 19.2. The van der Waals surface area contributed by atoms with Crippen LogP contribution in [0.3, 0.4) is 0 Å². The molecule has 31 heavy (non-hydrogen) atoms. The highest BCUT2D eigenvalue weighted by atomic mass is 15.2. The Morgan fingerprint density at radius 3 is 2.52 bits per heavy atom. The van der Waals surface area contributed by atoms with Crippen molar-refractivity contribution in [2.24, 2.45) is 0 Å². The summed E-state index contributed by atoms with van der Waals surface area (Å²) in [7, 11) is 0. The molecule has 1 aliphatic heterocycles. The van der Waals surface area contributed by atoms with Gasteiger partial charge in [-0.15, -0.1) is 0 Å². The molecule has 3 heterocycles. The minimum Gasteiger partial charge on any atom is -0.352 e. The van der Waals surface area contributed by atoms with E-state index in [-0.39, 0.29) is 0 Å². The van der Waals surface area contributed by atoms with E-state index in [0.717, 1.165) is 31.0 Å². The van der Waals surface area contributed by atoms with Gasteiger partial charge in [0, 0.05) is 37.7 Å². The number of hydrogen-bond acceptors (Lipinski definition) is 5. The van der Waals surface area contributed by atoms with E-state index in [1.807, 2.05) is 31.5 Å². The van der Waals surface area contributed by atoms with Crippen LogP contribution in [0.4, 0.5) is 11.8 Å². The maximum Gasteiger partial charge on any atom is 0.224 e. The molecule has 0 atom stereocenters. The zero-order chi connectivity index (χ0) is 21.0. The Balaban J connectivity index is 1.24. The van der Waals surface area contributed by atoms with Gasteiger partial charge in [-0.25, -0.2) is 4.98 Å². The van der Waals surface area contributed by atoms with Crippen molar-refractivity contribution in [1.82, 2.24) is 15.0 Å². The number of aryl methyl sites for hydroxylation is 1. The summed E-state index contributed by atoms with van der Waals surface area (Å²) in [6, 6.07) is 23.4. The second kappa shape index (κ2) is 8.56. The molecule has 1 aliphatic rings. The number of anilines is 2. The first-order chi connectivity index (χ1) is 15.2. The molecule has 2 aromatic carbocycles. The number of fused-ring (bicyclic) bond motifs is 1. The average molecular weight is 408 g/mol. The van der Waals surface area contributed by atoms with Crippen LogP contribution in [0, 0.1) is 6.92 Å². The zero-order valence-corrected chi connectivity index (χ0v) is 17.6. The fraction of sp³-hybridized carbons (Fsp3) is 0.192. The number of hydrogen-bond donors (Lipinski definition) is 1. The number of rotatable bonds is 5. The van der Waals surface area contributed by atoms with Gasteiger partial charge < -0.3 is 10.2 Å². The second-order valence-corrected chi connectivity index (χ2v) is 7.92. The van der Waals surface area contributed by atoms with Gasteiger partial charge in [0.2, 0.25) is 5.95 Å². The number of nitrogens with zero attached hydrogens (tertiary/aromatic N) is 4. The zero-order valence-electron chi connectivity index (χ0n) is 17.6. The van der Waals surface area contributed by atoms with Gasteiger partial charge >= 0.3 is 0 Å². The fourth-order valence-electron chi connectivity index (χ4n) is 4.02. The lowest BCUT2D eigenvalue weighted by atomic mass is 10.00. The topological polar surface area (TPSA) is 53.9 Å². The van der Waals surface area contributed by atoms with E-state index in [9.17, 15) is 0 Å². The Morgan fingerprint density at radius 2 is 1.68 bits per heavy atom. The van der Waals surface area contributed by atoms with Crippen molar-refractivity contribution in [2.45, 2.75) is 26.4 Å². The number of benzene rings is 2. The van der Waals surface area contributed by atoms with Crippen molar-refractivity contribution in [1.29, 1.82) is 0 Å². The normalized spacial score (nSPS) is 13.0. The van der Waals surface area contributed by atoms with Gasteiger partial charge in [0.15, 0.2) is 0 Å². The molecule has 0 amide bonds. The van der Waals surface area contributed by atoms with Crippen molar-refractivity contribution in [2.75, 3.05) is 16.8 Å². The molecular weight excluding hydrogens is 382 g/mol. The standard InChI is InChI=1S/C26H25N5/c1-19-16-23(10-13-27-19)22-8-6-20(7-9-22)17-29-26-28-14-11-25(30-26)31-15-12-21-4-2-3-5-24(21)18-31/h2-11,13-14,16H,12,15,17-18H2,1H3,(H,28,29,30). The summed E-state index contributed by atoms with van der Waals surface area (Å²) < 4.78 is 0. The summed E-state index contributed by atoms with van der Waals surface area (Å²) >= 11 is 0. The van der Waals surface area contributed by atoms with Crippen molar-refractivity contribution in [3.63, 3.8) is 0 Å². The largest absolute Gasteiger partial charge is 0.352 e. The summed E-state index contributed by atoms with van der Waals surface area (Å²) in [5.74, 6) is 1.63. The molecule has 5 nitrogen and oxygen atoms in total. The Bertz CT molecular complexity index is 1190. The van der Waals surface area contributed by atoms with E-state index in [1.165, 1.54) is 27.8 Å². The number of nitrogens with one attached hydrogen (secondary N) is 1. The lowest BCUT2D eigenvalue weighted by Crippen LogP contribution is -2.31. The lowest BCUT2D eigenvalue weighted by Gasteiger charge is -2.29. The maximum absolute atomic E-state index is 4.76. The van der Waals surface area contributed by atoms with Crippen LogP contribution in [-0.2, 0) is 19.5 Å². The van der Waals surface area contributed by atoms with E-state index in [0.29, 0.717) is 12.5 Å². The molecule has 5 heteroatoms. The molecule has 0 saturated carbocycles.